The highest BCUT2D eigenvalue weighted by molar-refractivity contribution is 14.0. The predicted octanol–water partition coefficient (Wildman–Crippen LogP) is 2.60. The summed E-state index contributed by atoms with van der Waals surface area (Å²) in [6, 6.07) is 8.38. The minimum Gasteiger partial charge on any atom is -0.444 e. The summed E-state index contributed by atoms with van der Waals surface area (Å²) in [4.78, 5) is 20.7. The lowest BCUT2D eigenvalue weighted by Gasteiger charge is -2.10. The van der Waals surface area contributed by atoms with E-state index in [1.54, 1.807) is 6.26 Å². The van der Waals surface area contributed by atoms with E-state index >= 15 is 0 Å². The van der Waals surface area contributed by atoms with Gasteiger partial charge in [-0.25, -0.2) is 9.98 Å². The van der Waals surface area contributed by atoms with Crippen molar-refractivity contribution in [2.24, 2.45) is 4.99 Å². The predicted molar refractivity (Wildman–Crippen MR) is 116 cm³/mol. The number of halogens is 1. The molecule has 0 unspecified atom stereocenters. The smallest absolute Gasteiger partial charge is 0.239 e. The van der Waals surface area contributed by atoms with Crippen molar-refractivity contribution in [1.29, 1.82) is 0 Å². The van der Waals surface area contributed by atoms with Crippen LogP contribution in [0.3, 0.4) is 0 Å². The van der Waals surface area contributed by atoms with Crippen LogP contribution in [0, 0.1) is 6.92 Å². The van der Waals surface area contributed by atoms with E-state index in [-0.39, 0.29) is 36.4 Å². The number of aryl methyl sites for hydroxylation is 1. The number of aliphatic imine (C=N–C) groups is 1. The zero-order chi connectivity index (χ0) is 18.4. The SMILES string of the molecule is CCNC(=NCc1coc(-c2ccc(C)cc2)n1)NCC(=O)NC1CC1.I. The second kappa shape index (κ2) is 10.3. The molecule has 0 aliphatic heterocycles. The number of benzene rings is 1. The Morgan fingerprint density at radius 2 is 2.00 bits per heavy atom. The molecule has 1 fully saturated rings. The van der Waals surface area contributed by atoms with Crippen molar-refractivity contribution >= 4 is 35.8 Å². The van der Waals surface area contributed by atoms with E-state index in [9.17, 15) is 4.79 Å². The van der Waals surface area contributed by atoms with Gasteiger partial charge in [-0.2, -0.15) is 0 Å². The van der Waals surface area contributed by atoms with Crippen molar-refractivity contribution in [3.8, 4) is 11.5 Å². The summed E-state index contributed by atoms with van der Waals surface area (Å²) in [5, 5.41) is 9.10. The third kappa shape index (κ3) is 6.85. The minimum atomic E-state index is -0.0128. The van der Waals surface area contributed by atoms with Crippen LogP contribution < -0.4 is 16.0 Å². The first-order valence-corrected chi connectivity index (χ1v) is 8.97. The fraction of sp³-hybridized carbons (Fsp3) is 0.421. The van der Waals surface area contributed by atoms with Crippen molar-refractivity contribution in [2.75, 3.05) is 13.1 Å². The van der Waals surface area contributed by atoms with Gasteiger partial charge in [-0.05, 0) is 38.8 Å². The average molecular weight is 483 g/mol. The van der Waals surface area contributed by atoms with Crippen molar-refractivity contribution in [3.05, 3.63) is 41.8 Å². The molecule has 0 radical (unpaired) electrons. The Balaban J connectivity index is 0.00000261. The normalized spacial score (nSPS) is 13.6. The van der Waals surface area contributed by atoms with Crippen LogP contribution in [0.5, 0.6) is 0 Å². The number of hydrogen-bond donors (Lipinski definition) is 3. The molecular weight excluding hydrogens is 457 g/mol. The van der Waals surface area contributed by atoms with Gasteiger partial charge in [0.2, 0.25) is 11.8 Å². The van der Waals surface area contributed by atoms with E-state index in [1.165, 1.54) is 5.56 Å². The highest BCUT2D eigenvalue weighted by Gasteiger charge is 2.22. The lowest BCUT2D eigenvalue weighted by molar-refractivity contribution is -0.120. The number of oxazole rings is 1. The summed E-state index contributed by atoms with van der Waals surface area (Å²) in [6.45, 7) is 5.31. The Morgan fingerprint density at radius 1 is 1.26 bits per heavy atom. The maximum Gasteiger partial charge on any atom is 0.239 e. The van der Waals surface area contributed by atoms with E-state index < -0.39 is 0 Å². The number of nitrogens with one attached hydrogen (secondary N) is 3. The third-order valence-electron chi connectivity index (χ3n) is 3.95. The fourth-order valence-corrected chi connectivity index (χ4v) is 2.38. The number of carbonyl (C=O) groups excluding carboxylic acids is 1. The molecule has 1 aliphatic carbocycles. The highest BCUT2D eigenvalue weighted by atomic mass is 127. The number of nitrogens with zero attached hydrogens (tertiary/aromatic N) is 2. The number of hydrogen-bond acceptors (Lipinski definition) is 4. The first-order chi connectivity index (χ1) is 12.6. The molecule has 3 rings (SSSR count). The number of rotatable bonds is 7. The van der Waals surface area contributed by atoms with Gasteiger partial charge in [0, 0.05) is 18.2 Å². The Hall–Kier alpha value is -2.10. The topological polar surface area (TPSA) is 91.6 Å². The molecule has 3 N–H and O–H groups in total. The maximum absolute atomic E-state index is 11.8. The lowest BCUT2D eigenvalue weighted by Crippen LogP contribution is -2.43. The monoisotopic (exact) mass is 483 g/mol. The molecule has 0 saturated heterocycles. The largest absolute Gasteiger partial charge is 0.444 e. The molecule has 1 heterocycles. The molecule has 1 amide bonds. The van der Waals surface area contributed by atoms with Crippen LogP contribution in [0.1, 0.15) is 31.0 Å². The lowest BCUT2D eigenvalue weighted by atomic mass is 10.1. The van der Waals surface area contributed by atoms with E-state index in [4.69, 9.17) is 4.42 Å². The zero-order valence-corrected chi connectivity index (χ0v) is 17.9. The second-order valence-electron chi connectivity index (χ2n) is 6.40. The van der Waals surface area contributed by atoms with Crippen molar-refractivity contribution in [2.45, 2.75) is 39.3 Å². The first kappa shape index (κ1) is 21.2. The number of guanidine groups is 1. The van der Waals surface area contributed by atoms with Crippen LogP contribution in [0.25, 0.3) is 11.5 Å². The minimum absolute atomic E-state index is 0. The summed E-state index contributed by atoms with van der Waals surface area (Å²) in [7, 11) is 0. The van der Waals surface area contributed by atoms with Gasteiger partial charge in [-0.3, -0.25) is 4.79 Å². The van der Waals surface area contributed by atoms with Crippen LogP contribution in [0.2, 0.25) is 0 Å². The van der Waals surface area contributed by atoms with Crippen molar-refractivity contribution in [3.63, 3.8) is 0 Å². The Kier molecular flexibility index (Phi) is 8.08. The molecule has 1 aromatic carbocycles. The summed E-state index contributed by atoms with van der Waals surface area (Å²) in [5.74, 6) is 1.15. The summed E-state index contributed by atoms with van der Waals surface area (Å²) < 4.78 is 5.55. The molecule has 27 heavy (non-hydrogen) atoms. The van der Waals surface area contributed by atoms with Crippen LogP contribution in [0.15, 0.2) is 39.9 Å². The maximum atomic E-state index is 11.8. The van der Waals surface area contributed by atoms with Gasteiger partial charge >= 0.3 is 0 Å². The van der Waals surface area contributed by atoms with Crippen LogP contribution in [0.4, 0.5) is 0 Å². The Labute approximate surface area is 176 Å². The Morgan fingerprint density at radius 3 is 2.67 bits per heavy atom. The molecular formula is C19H26IN5O2. The molecule has 0 spiro atoms. The van der Waals surface area contributed by atoms with Gasteiger partial charge in [0.25, 0.3) is 0 Å². The van der Waals surface area contributed by atoms with Gasteiger partial charge in [-0.15, -0.1) is 24.0 Å². The third-order valence-corrected chi connectivity index (χ3v) is 3.95. The van der Waals surface area contributed by atoms with Crippen LogP contribution in [-0.2, 0) is 11.3 Å². The first-order valence-electron chi connectivity index (χ1n) is 8.97. The van der Waals surface area contributed by atoms with E-state index in [0.717, 1.165) is 24.1 Å². The van der Waals surface area contributed by atoms with Gasteiger partial charge in [0.1, 0.15) is 12.0 Å². The van der Waals surface area contributed by atoms with Crippen LogP contribution >= 0.6 is 24.0 Å². The van der Waals surface area contributed by atoms with E-state index in [1.807, 2.05) is 38.1 Å². The zero-order valence-electron chi connectivity index (χ0n) is 15.6. The highest BCUT2D eigenvalue weighted by Crippen LogP contribution is 2.19. The standard InChI is InChI=1S/C19H25N5O2.HI/c1-3-20-19(22-11-17(25)23-15-8-9-15)21-10-16-12-26-18(24-16)14-6-4-13(2)5-7-14;/h4-7,12,15H,3,8-11H2,1-2H3,(H,23,25)(H2,20,21,22);1H. The van der Waals surface area contributed by atoms with Gasteiger partial charge < -0.3 is 20.4 Å². The molecule has 8 heteroatoms. The van der Waals surface area contributed by atoms with Gasteiger partial charge in [0.05, 0.1) is 13.1 Å². The Bertz CT molecular complexity index is 769. The summed E-state index contributed by atoms with van der Waals surface area (Å²) in [6.07, 6.45) is 3.77. The van der Waals surface area contributed by atoms with Gasteiger partial charge in [-0.1, -0.05) is 17.7 Å². The number of carbonyl (C=O) groups is 1. The molecule has 1 aromatic heterocycles. The molecule has 0 bridgehead atoms. The van der Waals surface area contributed by atoms with E-state index in [0.29, 0.717) is 31.0 Å². The van der Waals surface area contributed by atoms with Crippen molar-refractivity contribution < 1.29 is 9.21 Å². The van der Waals surface area contributed by atoms with Gasteiger partial charge in [0.15, 0.2) is 5.96 Å². The molecule has 1 aliphatic rings. The summed E-state index contributed by atoms with van der Waals surface area (Å²) >= 11 is 0. The molecule has 146 valence electrons. The summed E-state index contributed by atoms with van der Waals surface area (Å²) in [5.41, 5.74) is 2.87. The average Bonchev–Trinajstić information content (AvgIpc) is 3.32. The van der Waals surface area contributed by atoms with E-state index in [2.05, 4.69) is 25.9 Å². The van der Waals surface area contributed by atoms with Crippen molar-refractivity contribution in [1.82, 2.24) is 20.9 Å². The van der Waals surface area contributed by atoms with Crippen LogP contribution in [-0.4, -0.2) is 36.0 Å². The fourth-order valence-electron chi connectivity index (χ4n) is 2.38. The molecule has 2 aromatic rings. The molecule has 1 saturated carbocycles. The number of aromatic nitrogens is 1. The molecule has 7 nitrogen and oxygen atoms in total. The quantitative estimate of drug-likeness (QED) is 0.320. The molecule has 0 atom stereocenters. The second-order valence-corrected chi connectivity index (χ2v) is 6.40. The number of amides is 1.